The third kappa shape index (κ3) is 6.56. The fourth-order valence-electron chi connectivity index (χ4n) is 6.57. The van der Waals surface area contributed by atoms with Gasteiger partial charge < -0.3 is 10.4 Å². The van der Waals surface area contributed by atoms with Gasteiger partial charge in [0, 0.05) is 22.5 Å². The fraction of sp³-hybridized carbons (Fsp3) is 0. The molecule has 2 heteroatoms. The second-order valence-electron chi connectivity index (χ2n) is 12.5. The van der Waals surface area contributed by atoms with E-state index in [2.05, 4.69) is 175 Å². The molecule has 8 aromatic rings. The van der Waals surface area contributed by atoms with Crippen LogP contribution in [0.25, 0.3) is 66.8 Å². The summed E-state index contributed by atoms with van der Waals surface area (Å²) in [6, 6.07) is 69.6. The Bertz CT molecular complexity index is 2400. The molecule has 8 rings (SSSR count). The number of hydrogen-bond donors (Lipinski definition) is 2. The minimum Gasteiger partial charge on any atom is -0.507 e. The van der Waals surface area contributed by atoms with E-state index >= 15 is 0 Å². The number of benzene rings is 8. The van der Waals surface area contributed by atoms with E-state index in [1.54, 1.807) is 6.07 Å². The van der Waals surface area contributed by atoms with Crippen LogP contribution in [0, 0.1) is 0 Å². The van der Waals surface area contributed by atoms with Crippen LogP contribution < -0.4 is 5.32 Å². The number of phenolic OH excluding ortho intramolecular Hbond substituents is 1. The molecule has 0 aliphatic carbocycles. The van der Waals surface area contributed by atoms with Gasteiger partial charge in [-0.2, -0.15) is 0 Å². The molecule has 0 unspecified atom stereocenters. The molecule has 0 aromatic heterocycles. The third-order valence-corrected chi connectivity index (χ3v) is 9.18. The van der Waals surface area contributed by atoms with Crippen LogP contribution in [0.3, 0.4) is 0 Å². The average molecular weight is 642 g/mol. The van der Waals surface area contributed by atoms with Crippen LogP contribution in [0.1, 0.15) is 0 Å². The Balaban J connectivity index is 1.19. The van der Waals surface area contributed by atoms with Gasteiger partial charge in [-0.15, -0.1) is 0 Å². The van der Waals surface area contributed by atoms with Gasteiger partial charge in [0.1, 0.15) is 5.75 Å². The number of para-hydroxylation sites is 1. The highest BCUT2D eigenvalue weighted by atomic mass is 16.3. The van der Waals surface area contributed by atoms with Crippen molar-refractivity contribution in [3.05, 3.63) is 200 Å². The van der Waals surface area contributed by atoms with E-state index < -0.39 is 0 Å². The maximum absolute atomic E-state index is 10.4. The van der Waals surface area contributed by atoms with Gasteiger partial charge in [-0.1, -0.05) is 158 Å². The first-order valence-electron chi connectivity index (χ1n) is 16.9. The molecule has 0 spiro atoms. The molecule has 0 saturated heterocycles. The molecule has 0 atom stereocenters. The van der Waals surface area contributed by atoms with Crippen molar-refractivity contribution in [3.63, 3.8) is 0 Å². The molecule has 0 aliphatic heterocycles. The van der Waals surface area contributed by atoms with Crippen molar-refractivity contribution in [1.82, 2.24) is 0 Å². The Morgan fingerprint density at radius 1 is 0.280 bits per heavy atom. The number of phenols is 1. The summed E-state index contributed by atoms with van der Waals surface area (Å²) >= 11 is 0. The third-order valence-electron chi connectivity index (χ3n) is 9.18. The topological polar surface area (TPSA) is 32.3 Å². The first kappa shape index (κ1) is 30.7. The zero-order valence-corrected chi connectivity index (χ0v) is 27.5. The molecule has 238 valence electrons. The van der Waals surface area contributed by atoms with E-state index in [1.807, 2.05) is 24.3 Å². The lowest BCUT2D eigenvalue weighted by atomic mass is 9.93. The normalized spacial score (nSPS) is 10.9. The summed E-state index contributed by atoms with van der Waals surface area (Å²) in [5.41, 5.74) is 15.4. The van der Waals surface area contributed by atoms with E-state index in [0.29, 0.717) is 0 Å². The Hall–Kier alpha value is -6.64. The van der Waals surface area contributed by atoms with E-state index in [0.717, 1.165) is 50.3 Å². The molecule has 0 heterocycles. The SMILES string of the molecule is Oc1ccccc1-c1ccc(-c2cccc(-c3cc(-c4cccc(-c5ccccc5)c4)ccc3Nc3cccc(-c4ccccc4)c3)c2)cc1. The van der Waals surface area contributed by atoms with Crippen molar-refractivity contribution < 1.29 is 5.11 Å². The van der Waals surface area contributed by atoms with Crippen LogP contribution in [0.15, 0.2) is 200 Å². The summed E-state index contributed by atoms with van der Waals surface area (Å²) in [6.45, 7) is 0. The molecule has 0 saturated carbocycles. The predicted molar refractivity (Wildman–Crippen MR) is 210 cm³/mol. The summed E-state index contributed by atoms with van der Waals surface area (Å²) in [6.07, 6.45) is 0. The maximum atomic E-state index is 10.4. The second-order valence-corrected chi connectivity index (χ2v) is 12.5. The van der Waals surface area contributed by atoms with Gasteiger partial charge in [0.2, 0.25) is 0 Å². The number of rotatable bonds is 8. The zero-order valence-electron chi connectivity index (χ0n) is 27.5. The van der Waals surface area contributed by atoms with Crippen LogP contribution in [-0.2, 0) is 0 Å². The first-order valence-corrected chi connectivity index (χ1v) is 16.9. The monoisotopic (exact) mass is 641 g/mol. The van der Waals surface area contributed by atoms with Crippen LogP contribution >= 0.6 is 0 Å². The molecular weight excluding hydrogens is 607 g/mol. The van der Waals surface area contributed by atoms with Crippen molar-refractivity contribution in [3.8, 4) is 72.5 Å². The summed E-state index contributed by atoms with van der Waals surface area (Å²) in [4.78, 5) is 0. The van der Waals surface area contributed by atoms with Crippen LogP contribution in [0.5, 0.6) is 5.75 Å². The lowest BCUT2D eigenvalue weighted by Gasteiger charge is -2.17. The molecule has 0 radical (unpaired) electrons. The van der Waals surface area contributed by atoms with Crippen molar-refractivity contribution >= 4 is 11.4 Å². The smallest absolute Gasteiger partial charge is 0.123 e. The standard InChI is InChI=1S/C48H35NO/c50-48-23-8-7-22-45(48)37-26-24-36(25-27-37)39-17-10-20-43(31-39)46-33-42(40-18-9-16-38(30-40)34-12-3-1-4-13-34)28-29-47(46)49-44-21-11-19-41(32-44)35-14-5-2-6-15-35/h1-33,49-50H. The van der Waals surface area contributed by atoms with Crippen molar-refractivity contribution in [2.24, 2.45) is 0 Å². The zero-order chi connectivity index (χ0) is 33.7. The van der Waals surface area contributed by atoms with Crippen LogP contribution in [0.2, 0.25) is 0 Å². The van der Waals surface area contributed by atoms with Crippen molar-refractivity contribution in [1.29, 1.82) is 0 Å². The molecule has 0 amide bonds. The minimum absolute atomic E-state index is 0.283. The van der Waals surface area contributed by atoms with E-state index in [1.165, 1.54) is 27.8 Å². The minimum atomic E-state index is 0.283. The van der Waals surface area contributed by atoms with Crippen molar-refractivity contribution in [2.75, 3.05) is 5.32 Å². The van der Waals surface area contributed by atoms with Gasteiger partial charge in [0.15, 0.2) is 0 Å². The summed E-state index contributed by atoms with van der Waals surface area (Å²) in [5.74, 6) is 0.283. The summed E-state index contributed by atoms with van der Waals surface area (Å²) in [7, 11) is 0. The molecular formula is C48H35NO. The summed E-state index contributed by atoms with van der Waals surface area (Å²) in [5, 5.41) is 14.2. The summed E-state index contributed by atoms with van der Waals surface area (Å²) < 4.78 is 0. The molecule has 8 aromatic carbocycles. The molecule has 50 heavy (non-hydrogen) atoms. The Labute approximate surface area is 293 Å². The van der Waals surface area contributed by atoms with E-state index in [-0.39, 0.29) is 5.75 Å². The number of hydrogen-bond acceptors (Lipinski definition) is 2. The first-order chi connectivity index (χ1) is 24.7. The number of anilines is 2. The fourth-order valence-corrected chi connectivity index (χ4v) is 6.57. The van der Waals surface area contributed by atoms with Gasteiger partial charge in [0.25, 0.3) is 0 Å². The molecule has 0 aliphatic rings. The van der Waals surface area contributed by atoms with Crippen LogP contribution in [-0.4, -0.2) is 5.11 Å². The lowest BCUT2D eigenvalue weighted by Crippen LogP contribution is -1.95. The van der Waals surface area contributed by atoms with E-state index in [9.17, 15) is 5.11 Å². The lowest BCUT2D eigenvalue weighted by molar-refractivity contribution is 0.477. The number of aromatic hydroxyl groups is 1. The highest BCUT2D eigenvalue weighted by Gasteiger charge is 2.12. The Morgan fingerprint density at radius 3 is 1.38 bits per heavy atom. The highest BCUT2D eigenvalue weighted by Crippen LogP contribution is 2.38. The predicted octanol–water partition coefficient (Wildman–Crippen LogP) is 13.1. The highest BCUT2D eigenvalue weighted by molar-refractivity contribution is 5.88. The number of nitrogens with one attached hydrogen (secondary N) is 1. The Morgan fingerprint density at radius 2 is 0.720 bits per heavy atom. The molecule has 0 fully saturated rings. The maximum Gasteiger partial charge on any atom is 0.123 e. The second kappa shape index (κ2) is 13.8. The van der Waals surface area contributed by atoms with E-state index in [4.69, 9.17) is 0 Å². The van der Waals surface area contributed by atoms with Gasteiger partial charge in [-0.05, 0) is 98.1 Å². The molecule has 2 N–H and O–H groups in total. The van der Waals surface area contributed by atoms with Gasteiger partial charge in [-0.3, -0.25) is 0 Å². The van der Waals surface area contributed by atoms with Crippen LogP contribution in [0.4, 0.5) is 11.4 Å². The Kier molecular flexibility index (Phi) is 8.49. The van der Waals surface area contributed by atoms with Crippen molar-refractivity contribution in [2.45, 2.75) is 0 Å². The van der Waals surface area contributed by atoms with Gasteiger partial charge in [-0.25, -0.2) is 0 Å². The average Bonchev–Trinajstić information content (AvgIpc) is 3.19. The molecule has 2 nitrogen and oxygen atoms in total. The largest absolute Gasteiger partial charge is 0.507 e. The van der Waals surface area contributed by atoms with Gasteiger partial charge in [0.05, 0.1) is 0 Å². The van der Waals surface area contributed by atoms with Gasteiger partial charge >= 0.3 is 0 Å². The molecule has 0 bridgehead atoms. The quantitative estimate of drug-likeness (QED) is 0.173.